The Bertz CT molecular complexity index is 906. The van der Waals surface area contributed by atoms with Crippen LogP contribution >= 0.6 is 23.2 Å². The highest BCUT2D eigenvalue weighted by Gasteiger charge is 2.08. The highest BCUT2D eigenvalue weighted by molar-refractivity contribution is 6.35. The van der Waals surface area contributed by atoms with Crippen molar-refractivity contribution >= 4 is 40.0 Å². The zero-order valence-electron chi connectivity index (χ0n) is 13.8. The third-order valence-electron chi connectivity index (χ3n) is 3.93. The van der Waals surface area contributed by atoms with E-state index in [2.05, 4.69) is 35.0 Å². The van der Waals surface area contributed by atoms with Gasteiger partial charge in [0.2, 0.25) is 0 Å². The molecule has 6 heteroatoms. The van der Waals surface area contributed by atoms with Crippen molar-refractivity contribution in [1.29, 1.82) is 0 Å². The van der Waals surface area contributed by atoms with Crippen molar-refractivity contribution in [3.05, 3.63) is 64.3 Å². The molecule has 1 amide bonds. The van der Waals surface area contributed by atoms with Crippen LogP contribution in [0.4, 0.5) is 0 Å². The van der Waals surface area contributed by atoms with Crippen LogP contribution in [0.3, 0.4) is 0 Å². The summed E-state index contributed by atoms with van der Waals surface area (Å²) in [5.74, 6) is 0.244. The number of benzene rings is 2. The van der Waals surface area contributed by atoms with Crippen LogP contribution in [-0.4, -0.2) is 23.6 Å². The van der Waals surface area contributed by atoms with Crippen molar-refractivity contribution in [1.82, 2.24) is 9.88 Å². The van der Waals surface area contributed by atoms with Gasteiger partial charge in [0.05, 0.1) is 5.02 Å². The SMILES string of the molecule is Cc1cc2ccccc2n1CCNC(=O)COc1ccc(Cl)cc1Cl. The predicted molar refractivity (Wildman–Crippen MR) is 102 cm³/mol. The summed E-state index contributed by atoms with van der Waals surface area (Å²) in [4.78, 5) is 12.0. The Labute approximate surface area is 156 Å². The Morgan fingerprint density at radius 3 is 2.76 bits per heavy atom. The Morgan fingerprint density at radius 2 is 1.96 bits per heavy atom. The minimum absolute atomic E-state index is 0.0905. The van der Waals surface area contributed by atoms with E-state index in [1.54, 1.807) is 18.2 Å². The van der Waals surface area contributed by atoms with Gasteiger partial charge in [-0.25, -0.2) is 0 Å². The summed E-state index contributed by atoms with van der Waals surface area (Å²) >= 11 is 11.8. The molecule has 0 saturated carbocycles. The molecular weight excluding hydrogens is 359 g/mol. The van der Waals surface area contributed by atoms with E-state index in [9.17, 15) is 4.79 Å². The summed E-state index contributed by atoms with van der Waals surface area (Å²) in [7, 11) is 0. The van der Waals surface area contributed by atoms with Crippen LogP contribution in [-0.2, 0) is 11.3 Å². The molecule has 0 aliphatic rings. The van der Waals surface area contributed by atoms with Gasteiger partial charge in [0.25, 0.3) is 5.91 Å². The van der Waals surface area contributed by atoms with Crippen LogP contribution in [0.2, 0.25) is 10.0 Å². The molecular formula is C19H18Cl2N2O2. The molecule has 0 radical (unpaired) electrons. The van der Waals surface area contributed by atoms with Gasteiger partial charge in [-0.2, -0.15) is 0 Å². The highest BCUT2D eigenvalue weighted by Crippen LogP contribution is 2.27. The number of aromatic nitrogens is 1. The van der Waals surface area contributed by atoms with Crippen LogP contribution in [0.15, 0.2) is 48.5 Å². The normalized spacial score (nSPS) is 10.8. The van der Waals surface area contributed by atoms with Crippen molar-refractivity contribution in [3.63, 3.8) is 0 Å². The lowest BCUT2D eigenvalue weighted by Gasteiger charge is -2.11. The lowest BCUT2D eigenvalue weighted by Crippen LogP contribution is -2.31. The van der Waals surface area contributed by atoms with Crippen LogP contribution in [0, 0.1) is 6.92 Å². The van der Waals surface area contributed by atoms with Crippen LogP contribution in [0.5, 0.6) is 5.75 Å². The molecule has 2 aromatic carbocycles. The van der Waals surface area contributed by atoms with Crippen molar-refractivity contribution in [2.24, 2.45) is 0 Å². The predicted octanol–water partition coefficient (Wildman–Crippen LogP) is 4.45. The van der Waals surface area contributed by atoms with E-state index >= 15 is 0 Å². The van der Waals surface area contributed by atoms with Gasteiger partial charge >= 0.3 is 0 Å². The van der Waals surface area contributed by atoms with Gasteiger partial charge < -0.3 is 14.6 Å². The summed E-state index contributed by atoms with van der Waals surface area (Å²) in [6.45, 7) is 3.20. The van der Waals surface area contributed by atoms with E-state index in [4.69, 9.17) is 27.9 Å². The smallest absolute Gasteiger partial charge is 0.258 e. The molecule has 0 spiro atoms. The molecule has 0 atom stereocenters. The third-order valence-corrected chi connectivity index (χ3v) is 4.46. The fraction of sp³-hybridized carbons (Fsp3) is 0.211. The summed E-state index contributed by atoms with van der Waals surface area (Å²) in [6.07, 6.45) is 0. The molecule has 0 bridgehead atoms. The number of halogens is 2. The quantitative estimate of drug-likeness (QED) is 0.690. The second kappa shape index (κ2) is 7.81. The number of nitrogens with one attached hydrogen (secondary N) is 1. The van der Waals surface area contributed by atoms with Crippen molar-refractivity contribution in [2.75, 3.05) is 13.2 Å². The van der Waals surface area contributed by atoms with Gasteiger partial charge in [0.1, 0.15) is 5.75 Å². The molecule has 0 fully saturated rings. The molecule has 3 rings (SSSR count). The second-order valence-electron chi connectivity index (χ2n) is 5.71. The van der Waals surface area contributed by atoms with Gasteiger partial charge in [0.15, 0.2) is 6.61 Å². The van der Waals surface area contributed by atoms with Gasteiger partial charge in [-0.1, -0.05) is 41.4 Å². The average Bonchev–Trinajstić information content (AvgIpc) is 2.90. The first-order chi connectivity index (χ1) is 12.0. The molecule has 3 aromatic rings. The lowest BCUT2D eigenvalue weighted by molar-refractivity contribution is -0.123. The first kappa shape index (κ1) is 17.6. The molecule has 0 aliphatic heterocycles. The van der Waals surface area contributed by atoms with Crippen molar-refractivity contribution < 1.29 is 9.53 Å². The third kappa shape index (κ3) is 4.27. The number of hydrogen-bond acceptors (Lipinski definition) is 2. The number of amides is 1. The summed E-state index contributed by atoms with van der Waals surface area (Å²) in [5, 5.41) is 4.97. The molecule has 0 aliphatic carbocycles. The first-order valence-corrected chi connectivity index (χ1v) is 8.69. The molecule has 1 heterocycles. The highest BCUT2D eigenvalue weighted by atomic mass is 35.5. The zero-order valence-corrected chi connectivity index (χ0v) is 15.3. The molecule has 1 aromatic heterocycles. The largest absolute Gasteiger partial charge is 0.482 e. The number of carbonyl (C=O) groups excluding carboxylic acids is 1. The zero-order chi connectivity index (χ0) is 17.8. The number of aryl methyl sites for hydroxylation is 1. The lowest BCUT2D eigenvalue weighted by atomic mass is 10.2. The van der Waals surface area contributed by atoms with Crippen LogP contribution in [0.1, 0.15) is 5.69 Å². The van der Waals surface area contributed by atoms with Gasteiger partial charge in [-0.3, -0.25) is 4.79 Å². The number of ether oxygens (including phenoxy) is 1. The van der Waals surface area contributed by atoms with Gasteiger partial charge in [-0.15, -0.1) is 0 Å². The summed E-state index contributed by atoms with van der Waals surface area (Å²) in [6, 6.07) is 15.2. The number of para-hydroxylation sites is 1. The van der Waals surface area contributed by atoms with Crippen molar-refractivity contribution in [2.45, 2.75) is 13.5 Å². The van der Waals surface area contributed by atoms with Crippen LogP contribution in [0.25, 0.3) is 10.9 Å². The Hall–Kier alpha value is -2.17. The molecule has 1 N–H and O–H groups in total. The Balaban J connectivity index is 1.51. The van der Waals surface area contributed by atoms with Crippen molar-refractivity contribution in [3.8, 4) is 5.75 Å². The topological polar surface area (TPSA) is 43.3 Å². The van der Waals surface area contributed by atoms with E-state index in [-0.39, 0.29) is 12.5 Å². The first-order valence-electron chi connectivity index (χ1n) is 7.94. The standard InChI is InChI=1S/C19H18Cl2N2O2/c1-13-10-14-4-2-3-5-17(14)23(13)9-8-22-19(24)12-25-18-7-6-15(20)11-16(18)21/h2-7,10-11H,8-9,12H2,1H3,(H,22,24). The molecule has 130 valence electrons. The number of rotatable bonds is 6. The molecule has 0 saturated heterocycles. The van der Waals surface area contributed by atoms with Gasteiger partial charge in [-0.05, 0) is 42.6 Å². The van der Waals surface area contributed by atoms with E-state index in [1.165, 1.54) is 16.6 Å². The van der Waals surface area contributed by atoms with E-state index in [0.717, 1.165) is 0 Å². The fourth-order valence-electron chi connectivity index (χ4n) is 2.74. The van der Waals surface area contributed by atoms with E-state index < -0.39 is 0 Å². The monoisotopic (exact) mass is 376 g/mol. The van der Waals surface area contributed by atoms with Crippen LogP contribution < -0.4 is 10.1 Å². The second-order valence-corrected chi connectivity index (χ2v) is 6.55. The average molecular weight is 377 g/mol. The van der Waals surface area contributed by atoms with E-state index in [1.807, 2.05) is 12.1 Å². The summed E-state index contributed by atoms with van der Waals surface area (Å²) in [5.41, 5.74) is 2.33. The minimum atomic E-state index is -0.194. The van der Waals surface area contributed by atoms with E-state index in [0.29, 0.717) is 28.9 Å². The number of hydrogen-bond donors (Lipinski definition) is 1. The fourth-order valence-corrected chi connectivity index (χ4v) is 3.20. The minimum Gasteiger partial charge on any atom is -0.482 e. The molecule has 4 nitrogen and oxygen atoms in total. The Kier molecular flexibility index (Phi) is 5.51. The van der Waals surface area contributed by atoms with Gasteiger partial charge in [0, 0.05) is 29.3 Å². The molecule has 25 heavy (non-hydrogen) atoms. The molecule has 0 unspecified atom stereocenters. The number of carbonyl (C=O) groups is 1. The summed E-state index contributed by atoms with van der Waals surface area (Å²) < 4.78 is 7.61. The maximum atomic E-state index is 12.0. The Morgan fingerprint density at radius 1 is 1.16 bits per heavy atom. The number of fused-ring (bicyclic) bond motifs is 1. The maximum Gasteiger partial charge on any atom is 0.258 e. The maximum absolute atomic E-state index is 12.0. The number of nitrogens with zero attached hydrogens (tertiary/aromatic N) is 1.